The van der Waals surface area contributed by atoms with Crippen molar-refractivity contribution in [2.45, 2.75) is 19.4 Å². The van der Waals surface area contributed by atoms with Crippen LogP contribution in [0.15, 0.2) is 30.5 Å². The number of H-pyrrole nitrogens is 1. The average Bonchev–Trinajstić information content (AvgIpc) is 2.89. The highest BCUT2D eigenvalue weighted by Crippen LogP contribution is 2.24. The standard InChI is InChI=1S/C15H17N3O2/c1-15(2)14(20)17-8-9-18(15)13(19)11-5-3-4-10-6-7-16-12(10)11/h3-7,16H,8-9H2,1-2H3,(H,17,20). The number of benzene rings is 1. The van der Waals surface area contributed by atoms with Gasteiger partial charge in [-0.1, -0.05) is 12.1 Å². The topological polar surface area (TPSA) is 65.2 Å². The van der Waals surface area contributed by atoms with Crippen molar-refractivity contribution in [3.8, 4) is 0 Å². The van der Waals surface area contributed by atoms with Crippen LogP contribution in [0.1, 0.15) is 24.2 Å². The summed E-state index contributed by atoms with van der Waals surface area (Å²) in [5, 5.41) is 3.80. The Morgan fingerprint density at radius 2 is 2.10 bits per heavy atom. The predicted molar refractivity (Wildman–Crippen MR) is 76.4 cm³/mol. The first-order chi connectivity index (χ1) is 9.51. The van der Waals surface area contributed by atoms with Crippen LogP contribution in [0.3, 0.4) is 0 Å². The maximum Gasteiger partial charge on any atom is 0.256 e. The fourth-order valence-corrected chi connectivity index (χ4v) is 2.66. The molecule has 1 aliphatic heterocycles. The molecule has 2 aromatic rings. The summed E-state index contributed by atoms with van der Waals surface area (Å²) in [7, 11) is 0. The van der Waals surface area contributed by atoms with E-state index in [1.807, 2.05) is 24.4 Å². The molecule has 104 valence electrons. The van der Waals surface area contributed by atoms with Gasteiger partial charge in [-0.05, 0) is 26.0 Å². The van der Waals surface area contributed by atoms with Crippen molar-refractivity contribution in [2.24, 2.45) is 0 Å². The number of aromatic nitrogens is 1. The Hall–Kier alpha value is -2.30. The van der Waals surface area contributed by atoms with E-state index in [0.29, 0.717) is 18.7 Å². The Labute approximate surface area is 117 Å². The molecule has 0 radical (unpaired) electrons. The maximum atomic E-state index is 12.8. The molecule has 1 aromatic carbocycles. The van der Waals surface area contributed by atoms with Crippen LogP contribution < -0.4 is 5.32 Å². The van der Waals surface area contributed by atoms with Gasteiger partial charge in [-0.3, -0.25) is 9.59 Å². The van der Waals surface area contributed by atoms with Crippen LogP contribution in [0.5, 0.6) is 0 Å². The molecule has 1 fully saturated rings. The number of rotatable bonds is 1. The smallest absolute Gasteiger partial charge is 0.256 e. The lowest BCUT2D eigenvalue weighted by atomic mass is 9.97. The highest BCUT2D eigenvalue weighted by atomic mass is 16.2. The minimum Gasteiger partial charge on any atom is -0.361 e. The summed E-state index contributed by atoms with van der Waals surface area (Å²) in [6, 6.07) is 7.54. The van der Waals surface area contributed by atoms with Gasteiger partial charge in [0, 0.05) is 24.7 Å². The van der Waals surface area contributed by atoms with E-state index in [9.17, 15) is 9.59 Å². The lowest BCUT2D eigenvalue weighted by molar-refractivity contribution is -0.133. The van der Waals surface area contributed by atoms with E-state index in [1.165, 1.54) is 0 Å². The molecule has 5 heteroatoms. The zero-order valence-electron chi connectivity index (χ0n) is 11.6. The van der Waals surface area contributed by atoms with Crippen LogP contribution in [0, 0.1) is 0 Å². The molecule has 0 bridgehead atoms. The molecule has 1 aromatic heterocycles. The number of piperazine rings is 1. The lowest BCUT2D eigenvalue weighted by Gasteiger charge is -2.41. The van der Waals surface area contributed by atoms with E-state index in [2.05, 4.69) is 10.3 Å². The number of nitrogens with zero attached hydrogens (tertiary/aromatic N) is 1. The van der Waals surface area contributed by atoms with Crippen LogP contribution in [0.4, 0.5) is 0 Å². The van der Waals surface area contributed by atoms with E-state index in [4.69, 9.17) is 0 Å². The third kappa shape index (κ3) is 1.78. The molecule has 0 saturated carbocycles. The van der Waals surface area contributed by atoms with E-state index in [1.54, 1.807) is 24.8 Å². The Bertz CT molecular complexity index is 687. The highest BCUT2D eigenvalue weighted by molar-refractivity contribution is 6.07. The van der Waals surface area contributed by atoms with Gasteiger partial charge in [0.1, 0.15) is 5.54 Å². The van der Waals surface area contributed by atoms with Crippen molar-refractivity contribution >= 4 is 22.7 Å². The van der Waals surface area contributed by atoms with Crippen molar-refractivity contribution in [2.75, 3.05) is 13.1 Å². The summed E-state index contributed by atoms with van der Waals surface area (Å²) in [6.45, 7) is 4.56. The Morgan fingerprint density at radius 3 is 2.90 bits per heavy atom. The molecule has 0 spiro atoms. The van der Waals surface area contributed by atoms with Crippen molar-refractivity contribution in [3.05, 3.63) is 36.0 Å². The van der Waals surface area contributed by atoms with Gasteiger partial charge in [-0.25, -0.2) is 0 Å². The number of hydrogen-bond donors (Lipinski definition) is 2. The van der Waals surface area contributed by atoms with E-state index >= 15 is 0 Å². The van der Waals surface area contributed by atoms with Gasteiger partial charge in [0.15, 0.2) is 0 Å². The Morgan fingerprint density at radius 1 is 1.30 bits per heavy atom. The number of hydrogen-bond acceptors (Lipinski definition) is 2. The van der Waals surface area contributed by atoms with Crippen molar-refractivity contribution < 1.29 is 9.59 Å². The molecule has 20 heavy (non-hydrogen) atoms. The van der Waals surface area contributed by atoms with Crippen LogP contribution >= 0.6 is 0 Å². The predicted octanol–water partition coefficient (Wildman–Crippen LogP) is 1.52. The second-order valence-corrected chi connectivity index (χ2v) is 5.52. The van der Waals surface area contributed by atoms with Gasteiger partial charge >= 0.3 is 0 Å². The van der Waals surface area contributed by atoms with Crippen LogP contribution in [-0.2, 0) is 4.79 Å². The van der Waals surface area contributed by atoms with E-state index in [0.717, 1.165) is 10.9 Å². The minimum atomic E-state index is -0.829. The number of para-hydroxylation sites is 1. The van der Waals surface area contributed by atoms with Gasteiger partial charge in [0.2, 0.25) is 5.91 Å². The van der Waals surface area contributed by atoms with Gasteiger partial charge < -0.3 is 15.2 Å². The maximum absolute atomic E-state index is 12.8. The van der Waals surface area contributed by atoms with Gasteiger partial charge in [0.25, 0.3) is 5.91 Å². The highest BCUT2D eigenvalue weighted by Gasteiger charge is 2.41. The SMILES string of the molecule is CC1(C)C(=O)NCCN1C(=O)c1cccc2cc[nH]c12. The number of nitrogens with one attached hydrogen (secondary N) is 2. The average molecular weight is 271 g/mol. The molecule has 2 N–H and O–H groups in total. The molecular weight excluding hydrogens is 254 g/mol. The number of carbonyl (C=O) groups is 2. The normalized spacial score (nSPS) is 18.1. The zero-order chi connectivity index (χ0) is 14.3. The summed E-state index contributed by atoms with van der Waals surface area (Å²) in [6.07, 6.45) is 1.81. The van der Waals surface area contributed by atoms with Crippen molar-refractivity contribution in [1.82, 2.24) is 15.2 Å². The second kappa shape index (κ2) is 4.37. The summed E-state index contributed by atoms with van der Waals surface area (Å²) in [5.74, 6) is -0.228. The monoisotopic (exact) mass is 271 g/mol. The number of aromatic amines is 1. The summed E-state index contributed by atoms with van der Waals surface area (Å²) < 4.78 is 0. The first kappa shape index (κ1) is 12.7. The van der Waals surface area contributed by atoms with E-state index < -0.39 is 5.54 Å². The van der Waals surface area contributed by atoms with Crippen molar-refractivity contribution in [3.63, 3.8) is 0 Å². The summed E-state index contributed by atoms with van der Waals surface area (Å²) in [4.78, 5) is 29.5. The molecule has 2 heterocycles. The Balaban J connectivity index is 2.04. The fraction of sp³-hybridized carbons (Fsp3) is 0.333. The van der Waals surface area contributed by atoms with Gasteiger partial charge in [0.05, 0.1) is 11.1 Å². The minimum absolute atomic E-state index is 0.113. The number of carbonyl (C=O) groups excluding carboxylic acids is 2. The molecule has 1 aliphatic rings. The first-order valence-corrected chi connectivity index (χ1v) is 6.68. The third-order valence-corrected chi connectivity index (χ3v) is 3.91. The summed E-state index contributed by atoms with van der Waals surface area (Å²) >= 11 is 0. The molecule has 0 atom stereocenters. The molecular formula is C15H17N3O2. The molecule has 2 amide bonds. The largest absolute Gasteiger partial charge is 0.361 e. The fourth-order valence-electron chi connectivity index (χ4n) is 2.66. The molecule has 5 nitrogen and oxygen atoms in total. The molecule has 3 rings (SSSR count). The molecule has 0 unspecified atom stereocenters. The third-order valence-electron chi connectivity index (χ3n) is 3.91. The van der Waals surface area contributed by atoms with Crippen LogP contribution in [-0.4, -0.2) is 40.3 Å². The Kier molecular flexibility index (Phi) is 2.78. The summed E-state index contributed by atoms with van der Waals surface area (Å²) in [5.41, 5.74) is 0.596. The number of fused-ring (bicyclic) bond motifs is 1. The van der Waals surface area contributed by atoms with E-state index in [-0.39, 0.29) is 11.8 Å². The quantitative estimate of drug-likeness (QED) is 0.826. The van der Waals surface area contributed by atoms with Crippen LogP contribution in [0.2, 0.25) is 0 Å². The molecule has 0 aliphatic carbocycles. The van der Waals surface area contributed by atoms with Gasteiger partial charge in [-0.15, -0.1) is 0 Å². The number of amides is 2. The van der Waals surface area contributed by atoms with Crippen LogP contribution in [0.25, 0.3) is 10.9 Å². The zero-order valence-corrected chi connectivity index (χ0v) is 11.6. The lowest BCUT2D eigenvalue weighted by Crippen LogP contribution is -2.63. The van der Waals surface area contributed by atoms with Crippen molar-refractivity contribution in [1.29, 1.82) is 0 Å². The first-order valence-electron chi connectivity index (χ1n) is 6.68. The molecule has 1 saturated heterocycles. The van der Waals surface area contributed by atoms with Gasteiger partial charge in [-0.2, -0.15) is 0 Å². The second-order valence-electron chi connectivity index (χ2n) is 5.52.